The van der Waals surface area contributed by atoms with Gasteiger partial charge >= 0.3 is 0 Å². The first kappa shape index (κ1) is 17.1. The van der Waals surface area contributed by atoms with Gasteiger partial charge in [-0.1, -0.05) is 23.4 Å². The first-order valence-electron chi connectivity index (χ1n) is 8.08. The predicted octanol–water partition coefficient (Wildman–Crippen LogP) is 3.99. The van der Waals surface area contributed by atoms with Crippen molar-refractivity contribution in [1.29, 1.82) is 0 Å². The molecule has 2 aromatic heterocycles. The largest absolute Gasteiger partial charge is 0.495 e. The molecule has 0 saturated carbocycles. The number of rotatable bonds is 5. The van der Waals surface area contributed by atoms with Crippen molar-refractivity contribution < 1.29 is 9.13 Å². The maximum atomic E-state index is 13.5. The van der Waals surface area contributed by atoms with Crippen LogP contribution in [0, 0.1) is 12.7 Å². The quantitative estimate of drug-likeness (QED) is 0.562. The van der Waals surface area contributed by atoms with E-state index in [0.717, 1.165) is 11.4 Å². The van der Waals surface area contributed by atoms with Crippen molar-refractivity contribution >= 4 is 22.4 Å². The van der Waals surface area contributed by atoms with Crippen LogP contribution in [0.5, 0.6) is 5.75 Å². The molecule has 0 amide bonds. The molecule has 0 unspecified atom stereocenters. The standard InChI is InChI=1S/C18H15FN6OS/c1-11-16(22-24-25(11)13-7-5-6-12(19)10-13)17-21-18(27-23-17)20-14-8-3-4-9-15(14)26-2/h3-10H,1-2H3,(H,20,21,23). The van der Waals surface area contributed by atoms with E-state index in [1.807, 2.05) is 31.2 Å². The van der Waals surface area contributed by atoms with Crippen LogP contribution in [-0.2, 0) is 0 Å². The lowest BCUT2D eigenvalue weighted by Crippen LogP contribution is -1.99. The number of hydrogen-bond donors (Lipinski definition) is 1. The minimum atomic E-state index is -0.334. The summed E-state index contributed by atoms with van der Waals surface area (Å²) < 4.78 is 24.7. The maximum absolute atomic E-state index is 13.5. The second-order valence-corrected chi connectivity index (χ2v) is 6.42. The van der Waals surface area contributed by atoms with E-state index >= 15 is 0 Å². The molecule has 0 fully saturated rings. The van der Waals surface area contributed by atoms with Crippen molar-refractivity contribution in [2.24, 2.45) is 0 Å². The van der Waals surface area contributed by atoms with Crippen LogP contribution in [0.1, 0.15) is 5.69 Å². The first-order chi connectivity index (χ1) is 13.2. The van der Waals surface area contributed by atoms with Gasteiger partial charge < -0.3 is 10.1 Å². The van der Waals surface area contributed by atoms with E-state index in [0.29, 0.717) is 28.1 Å². The number of benzene rings is 2. The Morgan fingerprint density at radius 3 is 2.81 bits per heavy atom. The van der Waals surface area contributed by atoms with Gasteiger partial charge in [-0.05, 0) is 37.3 Å². The summed E-state index contributed by atoms with van der Waals surface area (Å²) in [6.07, 6.45) is 0. The van der Waals surface area contributed by atoms with Gasteiger partial charge in [-0.15, -0.1) is 5.10 Å². The molecule has 1 N–H and O–H groups in total. The SMILES string of the molecule is COc1ccccc1Nc1nc(-c2nnn(-c3cccc(F)c3)c2C)ns1. The monoisotopic (exact) mass is 382 g/mol. The molecule has 9 heteroatoms. The highest BCUT2D eigenvalue weighted by Gasteiger charge is 2.17. The third kappa shape index (κ3) is 3.36. The number of nitrogens with one attached hydrogen (secondary N) is 1. The summed E-state index contributed by atoms with van der Waals surface area (Å²) >= 11 is 1.21. The minimum Gasteiger partial charge on any atom is -0.495 e. The summed E-state index contributed by atoms with van der Waals surface area (Å²) in [6, 6.07) is 13.7. The molecule has 27 heavy (non-hydrogen) atoms. The highest BCUT2D eigenvalue weighted by Crippen LogP contribution is 2.30. The van der Waals surface area contributed by atoms with Crippen molar-refractivity contribution in [2.75, 3.05) is 12.4 Å². The van der Waals surface area contributed by atoms with Crippen LogP contribution in [0.3, 0.4) is 0 Å². The molecule has 0 aliphatic carbocycles. The molecule has 7 nitrogen and oxygen atoms in total. The van der Waals surface area contributed by atoms with Gasteiger partial charge in [0, 0.05) is 11.5 Å². The van der Waals surface area contributed by atoms with Gasteiger partial charge in [-0.3, -0.25) is 0 Å². The Hall–Kier alpha value is -3.33. The van der Waals surface area contributed by atoms with E-state index in [9.17, 15) is 4.39 Å². The van der Waals surface area contributed by atoms with Gasteiger partial charge in [0.15, 0.2) is 11.5 Å². The average molecular weight is 382 g/mol. The number of anilines is 2. The summed E-state index contributed by atoms with van der Waals surface area (Å²) in [6.45, 7) is 1.84. The van der Waals surface area contributed by atoms with Crippen LogP contribution < -0.4 is 10.1 Å². The molecular formula is C18H15FN6OS. The lowest BCUT2D eigenvalue weighted by molar-refractivity contribution is 0.417. The molecule has 4 aromatic rings. The van der Waals surface area contributed by atoms with E-state index in [-0.39, 0.29) is 5.82 Å². The molecule has 0 bridgehead atoms. The van der Waals surface area contributed by atoms with Gasteiger partial charge in [0.1, 0.15) is 11.6 Å². The van der Waals surface area contributed by atoms with Gasteiger partial charge in [0.25, 0.3) is 0 Å². The number of nitrogens with zero attached hydrogens (tertiary/aromatic N) is 5. The molecule has 4 rings (SSSR count). The summed E-state index contributed by atoms with van der Waals surface area (Å²) in [5.74, 6) is 0.832. The lowest BCUT2D eigenvalue weighted by Gasteiger charge is -2.07. The van der Waals surface area contributed by atoms with Crippen LogP contribution >= 0.6 is 11.5 Å². The van der Waals surface area contributed by atoms with Crippen LogP contribution in [0.25, 0.3) is 17.2 Å². The van der Waals surface area contributed by atoms with E-state index in [4.69, 9.17) is 4.74 Å². The molecule has 0 aliphatic rings. The summed E-state index contributed by atoms with van der Waals surface area (Å²) in [5, 5.41) is 12.1. The smallest absolute Gasteiger partial charge is 0.207 e. The fourth-order valence-corrected chi connectivity index (χ4v) is 3.21. The van der Waals surface area contributed by atoms with E-state index in [1.54, 1.807) is 23.9 Å². The predicted molar refractivity (Wildman–Crippen MR) is 101 cm³/mol. The molecule has 0 radical (unpaired) electrons. The van der Waals surface area contributed by atoms with Gasteiger partial charge in [0.05, 0.1) is 24.2 Å². The van der Waals surface area contributed by atoms with Crippen LogP contribution in [0.4, 0.5) is 15.2 Å². The zero-order valence-electron chi connectivity index (χ0n) is 14.5. The third-order valence-electron chi connectivity index (χ3n) is 3.93. The number of para-hydroxylation sites is 2. The number of halogens is 1. The topological polar surface area (TPSA) is 77.8 Å². The van der Waals surface area contributed by atoms with Gasteiger partial charge in [-0.2, -0.15) is 9.36 Å². The molecule has 136 valence electrons. The van der Waals surface area contributed by atoms with Gasteiger partial charge in [-0.25, -0.2) is 9.07 Å². The Labute approximate surface area is 158 Å². The van der Waals surface area contributed by atoms with E-state index in [1.165, 1.54) is 23.7 Å². The zero-order valence-corrected chi connectivity index (χ0v) is 15.4. The van der Waals surface area contributed by atoms with Crippen molar-refractivity contribution in [3.05, 3.63) is 60.0 Å². The molecule has 0 saturated heterocycles. The van der Waals surface area contributed by atoms with Crippen molar-refractivity contribution in [3.8, 4) is 23.0 Å². The summed E-state index contributed by atoms with van der Waals surface area (Å²) in [7, 11) is 1.61. The molecule has 0 aliphatic heterocycles. The van der Waals surface area contributed by atoms with E-state index in [2.05, 4.69) is 25.0 Å². The highest BCUT2D eigenvalue weighted by molar-refractivity contribution is 7.09. The first-order valence-corrected chi connectivity index (χ1v) is 8.85. The molecule has 2 aromatic carbocycles. The minimum absolute atomic E-state index is 0.334. The fourth-order valence-electron chi connectivity index (χ4n) is 2.62. The van der Waals surface area contributed by atoms with Crippen molar-refractivity contribution in [1.82, 2.24) is 24.4 Å². The van der Waals surface area contributed by atoms with Crippen molar-refractivity contribution in [3.63, 3.8) is 0 Å². The summed E-state index contributed by atoms with van der Waals surface area (Å²) in [4.78, 5) is 4.49. The summed E-state index contributed by atoms with van der Waals surface area (Å²) in [5.41, 5.74) is 2.66. The highest BCUT2D eigenvalue weighted by atomic mass is 32.1. The second-order valence-electron chi connectivity index (χ2n) is 5.66. The number of aromatic nitrogens is 5. The van der Waals surface area contributed by atoms with Crippen LogP contribution in [-0.4, -0.2) is 31.5 Å². The van der Waals surface area contributed by atoms with Crippen LogP contribution in [0.15, 0.2) is 48.5 Å². The Morgan fingerprint density at radius 2 is 2.00 bits per heavy atom. The molecule has 0 atom stereocenters. The Balaban J connectivity index is 1.62. The van der Waals surface area contributed by atoms with Crippen molar-refractivity contribution in [2.45, 2.75) is 6.92 Å². The molecule has 2 heterocycles. The molecular weight excluding hydrogens is 367 g/mol. The fraction of sp³-hybridized carbons (Fsp3) is 0.111. The van der Waals surface area contributed by atoms with Gasteiger partial charge in [0.2, 0.25) is 5.13 Å². The number of ether oxygens (including phenoxy) is 1. The molecule has 0 spiro atoms. The Bertz CT molecular complexity index is 1090. The third-order valence-corrected chi connectivity index (χ3v) is 4.56. The Morgan fingerprint density at radius 1 is 1.15 bits per heavy atom. The number of hydrogen-bond acceptors (Lipinski definition) is 7. The normalized spacial score (nSPS) is 10.8. The van der Waals surface area contributed by atoms with E-state index < -0.39 is 0 Å². The average Bonchev–Trinajstić information content (AvgIpc) is 3.28. The zero-order chi connectivity index (χ0) is 18.8. The van der Waals surface area contributed by atoms with Crippen LogP contribution in [0.2, 0.25) is 0 Å². The second kappa shape index (κ2) is 7.12. The lowest BCUT2D eigenvalue weighted by atomic mass is 10.3. The number of methoxy groups -OCH3 is 1. The maximum Gasteiger partial charge on any atom is 0.207 e. The Kier molecular flexibility index (Phi) is 4.51.